The monoisotopic (exact) mass is 227 g/mol. The van der Waals surface area contributed by atoms with Crippen molar-refractivity contribution in [3.8, 4) is 0 Å². The molecule has 0 bridgehead atoms. The first-order valence-corrected chi connectivity index (χ1v) is 0. The van der Waals surface area contributed by atoms with Gasteiger partial charge in [-0.2, -0.15) is 13.5 Å². The third-order valence-corrected chi connectivity index (χ3v) is 0. The van der Waals surface area contributed by atoms with Crippen LogP contribution in [0.2, 0.25) is 0 Å². The number of rotatable bonds is 0. The number of hydrogen-bond donors (Lipinski definition) is 0. The summed E-state index contributed by atoms with van der Waals surface area (Å²) >= 11 is 0. The Hall–Kier alpha value is 2.23. The molecule has 0 spiro atoms. The molecule has 0 aromatic rings. The zero-order chi connectivity index (χ0) is 0. The molecule has 1 radical (unpaired) electrons. The predicted octanol–water partition coefficient (Wildman–Crippen LogP) is -1.99. The van der Waals surface area contributed by atoms with E-state index in [-0.39, 0.29) is 72.3 Å². The Kier molecular flexibility index (Phi) is 161. The summed E-state index contributed by atoms with van der Waals surface area (Å²) in [7, 11) is 0. The Morgan fingerprint density at radius 3 is 1.00 bits per heavy atom. The molecule has 0 N–H and O–H groups in total. The Morgan fingerprint density at radius 2 is 1.00 bits per heavy atom. The van der Waals surface area contributed by atoms with E-state index in [1.807, 2.05) is 0 Å². The summed E-state index contributed by atoms with van der Waals surface area (Å²) in [6.07, 6.45) is 0. The quantitative estimate of drug-likeness (QED) is 0.420. The SMILES string of the molecule is S.[Ag].[GeH4].[LiH]. The van der Waals surface area contributed by atoms with E-state index in [9.17, 15) is 0 Å². The van der Waals surface area contributed by atoms with Gasteiger partial charge in [0.15, 0.2) is 0 Å². The predicted molar refractivity (Wildman–Crippen MR) is 28.9 cm³/mol. The third kappa shape index (κ3) is 8.87. The summed E-state index contributed by atoms with van der Waals surface area (Å²) < 4.78 is 0. The van der Waals surface area contributed by atoms with Crippen LogP contribution in [-0.2, 0) is 22.4 Å². The van der Waals surface area contributed by atoms with Crippen LogP contribution in [0.5, 0.6) is 0 Å². The molecule has 0 aliphatic rings. The summed E-state index contributed by atoms with van der Waals surface area (Å²) in [6, 6.07) is 0. The van der Waals surface area contributed by atoms with Crippen molar-refractivity contribution in [1.82, 2.24) is 0 Å². The summed E-state index contributed by atoms with van der Waals surface area (Å²) in [5.41, 5.74) is 0. The van der Waals surface area contributed by atoms with Crippen LogP contribution < -0.4 is 0 Å². The molecule has 0 saturated heterocycles. The van der Waals surface area contributed by atoms with Crippen molar-refractivity contribution in [2.75, 3.05) is 0 Å². The molecule has 4 heteroatoms. The minimum absolute atomic E-state index is 0. The average molecular weight is 227 g/mol. The van der Waals surface area contributed by atoms with Crippen LogP contribution in [-0.4, -0.2) is 36.5 Å². The van der Waals surface area contributed by atoms with Crippen molar-refractivity contribution in [2.24, 2.45) is 0 Å². The molecule has 4 heavy (non-hydrogen) atoms. The minimum atomic E-state index is 0. The first-order chi connectivity index (χ1) is 0. The van der Waals surface area contributed by atoms with Crippen LogP contribution in [0, 0.1) is 0 Å². The van der Waals surface area contributed by atoms with E-state index in [4.69, 9.17) is 0 Å². The second-order valence-electron chi connectivity index (χ2n) is 0. The van der Waals surface area contributed by atoms with Crippen LogP contribution in [0.15, 0.2) is 0 Å². The van der Waals surface area contributed by atoms with E-state index in [0.717, 1.165) is 0 Å². The van der Waals surface area contributed by atoms with E-state index >= 15 is 0 Å². The van der Waals surface area contributed by atoms with Gasteiger partial charge in [0.05, 0.1) is 0 Å². The Balaban J connectivity index is 0. The molecule has 0 aromatic heterocycles. The van der Waals surface area contributed by atoms with Gasteiger partial charge in [-0.1, -0.05) is 0 Å². The molecule has 0 atom stereocenters. The van der Waals surface area contributed by atoms with Gasteiger partial charge in [-0.3, -0.25) is 0 Å². The molecular formula is H7AgGeLiS. The van der Waals surface area contributed by atoms with Gasteiger partial charge in [0.1, 0.15) is 0 Å². The van der Waals surface area contributed by atoms with Gasteiger partial charge in [-0.25, -0.2) is 0 Å². The molecule has 0 aliphatic heterocycles. The van der Waals surface area contributed by atoms with Crippen LogP contribution >= 0.6 is 13.5 Å². The number of hydrogen-bond acceptors (Lipinski definition) is 0. The maximum absolute atomic E-state index is 0. The summed E-state index contributed by atoms with van der Waals surface area (Å²) in [6.45, 7) is 0. The molecule has 0 unspecified atom stereocenters. The van der Waals surface area contributed by atoms with Gasteiger partial charge in [0, 0.05) is 22.4 Å². The summed E-state index contributed by atoms with van der Waals surface area (Å²) in [4.78, 5) is 0. The zero-order valence-electron chi connectivity index (χ0n) is 0.802. The van der Waals surface area contributed by atoms with Crippen molar-refractivity contribution in [3.05, 3.63) is 0 Å². The van der Waals surface area contributed by atoms with Crippen molar-refractivity contribution in [2.45, 2.75) is 0 Å². The fourth-order valence-electron chi connectivity index (χ4n) is 0. The second-order valence-corrected chi connectivity index (χ2v) is 0. The zero-order valence-corrected chi connectivity index (χ0v) is 3.28. The van der Waals surface area contributed by atoms with Gasteiger partial charge >= 0.3 is 36.5 Å². The van der Waals surface area contributed by atoms with Gasteiger partial charge in [0.25, 0.3) is 0 Å². The molecule has 0 aromatic carbocycles. The molecular weight excluding hydrogens is 219 g/mol. The maximum atomic E-state index is 0. The van der Waals surface area contributed by atoms with Crippen molar-refractivity contribution < 1.29 is 22.4 Å². The molecule has 0 aliphatic carbocycles. The van der Waals surface area contributed by atoms with E-state index < -0.39 is 0 Å². The van der Waals surface area contributed by atoms with Gasteiger partial charge in [-0.05, 0) is 0 Å². The van der Waals surface area contributed by atoms with Gasteiger partial charge in [0.2, 0.25) is 0 Å². The Labute approximate surface area is 71.6 Å². The molecule has 0 amide bonds. The molecule has 0 nitrogen and oxygen atoms in total. The first kappa shape index (κ1) is 34.3. The fraction of sp³-hybridized carbons (Fsp3) is 0. The van der Waals surface area contributed by atoms with Crippen LogP contribution in [0.4, 0.5) is 0 Å². The van der Waals surface area contributed by atoms with E-state index in [0.29, 0.717) is 0 Å². The Bertz CT molecular complexity index is 8.00. The average Bonchev–Trinajstić information content (AvgIpc) is 0. The molecule has 29 valence electrons. The second kappa shape index (κ2) is 18.8. The normalized spacial score (nSPS) is 0. The Morgan fingerprint density at radius 1 is 1.00 bits per heavy atom. The van der Waals surface area contributed by atoms with Crippen LogP contribution in [0.3, 0.4) is 0 Å². The van der Waals surface area contributed by atoms with Crippen molar-refractivity contribution >= 4 is 50.0 Å². The topological polar surface area (TPSA) is 0 Å². The van der Waals surface area contributed by atoms with E-state index in [1.165, 1.54) is 0 Å². The molecule has 0 fully saturated rings. The van der Waals surface area contributed by atoms with Gasteiger partial charge in [-0.15, -0.1) is 0 Å². The summed E-state index contributed by atoms with van der Waals surface area (Å²) in [5, 5.41) is 0. The van der Waals surface area contributed by atoms with Gasteiger partial charge < -0.3 is 0 Å². The van der Waals surface area contributed by atoms with E-state index in [1.54, 1.807) is 0 Å². The van der Waals surface area contributed by atoms with Crippen LogP contribution in [0.1, 0.15) is 0 Å². The fourth-order valence-corrected chi connectivity index (χ4v) is 0. The first-order valence-electron chi connectivity index (χ1n) is 0. The van der Waals surface area contributed by atoms with Crippen molar-refractivity contribution in [1.29, 1.82) is 0 Å². The third-order valence-electron chi connectivity index (χ3n) is 0. The summed E-state index contributed by atoms with van der Waals surface area (Å²) in [5.74, 6) is 0. The molecule has 0 heterocycles. The van der Waals surface area contributed by atoms with Crippen molar-refractivity contribution in [3.63, 3.8) is 0 Å². The standard InChI is InChI=1S/Ag.GeH4.Li.H2S.H/h;1H4;;1H2;. The van der Waals surface area contributed by atoms with Crippen LogP contribution in [0.25, 0.3) is 0 Å². The molecule has 0 saturated carbocycles. The van der Waals surface area contributed by atoms with E-state index in [2.05, 4.69) is 0 Å². The molecule has 0 rings (SSSR count).